The number of halogens is 1. The number of fused-ring (bicyclic) bond motifs is 2. The first-order chi connectivity index (χ1) is 16.8. The second-order valence-electron chi connectivity index (χ2n) is 9.51. The molecule has 0 unspecified atom stereocenters. The van der Waals surface area contributed by atoms with Gasteiger partial charge in [-0.15, -0.1) is 6.58 Å². The second-order valence-corrected chi connectivity index (χ2v) is 9.51. The quantitative estimate of drug-likeness (QED) is 0.261. The molecule has 3 heterocycles. The third-order valence-electron chi connectivity index (χ3n) is 6.27. The van der Waals surface area contributed by atoms with E-state index in [0.29, 0.717) is 17.6 Å². The summed E-state index contributed by atoms with van der Waals surface area (Å²) >= 11 is 0. The average molecular weight is 476 g/mol. The van der Waals surface area contributed by atoms with Gasteiger partial charge in [0.05, 0.1) is 34.1 Å². The number of nitrogens with two attached hydrogens (primary N) is 1. The Hall–Kier alpha value is -3.52. The smallest absolute Gasteiger partial charge is 0.341 e. The van der Waals surface area contributed by atoms with E-state index < -0.39 is 11.8 Å². The molecular weight excluding hydrogens is 445 g/mol. The van der Waals surface area contributed by atoms with Crippen molar-refractivity contribution in [2.45, 2.75) is 64.8 Å². The van der Waals surface area contributed by atoms with Crippen LogP contribution < -0.4 is 5.73 Å². The highest BCUT2D eigenvalue weighted by Gasteiger charge is 2.31. The minimum absolute atomic E-state index is 0.103. The summed E-state index contributed by atoms with van der Waals surface area (Å²) in [6, 6.07) is 9.00. The summed E-state index contributed by atoms with van der Waals surface area (Å²) in [5.74, 6) is -0.553. The van der Waals surface area contributed by atoms with Crippen LogP contribution in [0.15, 0.2) is 43.0 Å². The number of carbonyl (C=O) groups excluding carboxylic acids is 1. The van der Waals surface area contributed by atoms with Crippen LogP contribution in [0.3, 0.4) is 0 Å². The Morgan fingerprint density at radius 3 is 2.69 bits per heavy atom. The molecule has 0 aliphatic heterocycles. The van der Waals surface area contributed by atoms with Gasteiger partial charge in [-0.2, -0.15) is 0 Å². The molecule has 35 heavy (non-hydrogen) atoms. The molecule has 8 heteroatoms. The number of imidazole rings is 1. The van der Waals surface area contributed by atoms with E-state index in [4.69, 9.17) is 20.4 Å². The Morgan fingerprint density at radius 2 is 2.03 bits per heavy atom. The van der Waals surface area contributed by atoms with Gasteiger partial charge in [0.25, 0.3) is 0 Å². The molecule has 2 N–H and O–H groups in total. The SMILES string of the molecule is C=CCCn1c(-c2nc3cc(C(=O)OC(C)C)c(F)cc3n2C2CC2)cc2ccc([C@@H](C)N)nc21. The van der Waals surface area contributed by atoms with Gasteiger partial charge >= 0.3 is 5.97 Å². The third-order valence-corrected chi connectivity index (χ3v) is 6.27. The van der Waals surface area contributed by atoms with E-state index in [2.05, 4.69) is 21.8 Å². The zero-order valence-electron chi connectivity index (χ0n) is 20.3. The molecule has 1 aliphatic rings. The number of ether oxygens (including phenoxy) is 1. The number of aromatic nitrogens is 4. The highest BCUT2D eigenvalue weighted by Crippen LogP contribution is 2.42. The van der Waals surface area contributed by atoms with Crippen molar-refractivity contribution in [3.8, 4) is 11.5 Å². The molecular formula is C27H30FN5O2. The van der Waals surface area contributed by atoms with Gasteiger partial charge in [0.2, 0.25) is 0 Å². The molecule has 1 aliphatic carbocycles. The molecule has 7 nitrogen and oxygen atoms in total. The van der Waals surface area contributed by atoms with Crippen LogP contribution in [0.1, 0.15) is 68.2 Å². The van der Waals surface area contributed by atoms with Gasteiger partial charge in [-0.1, -0.05) is 6.08 Å². The number of allylic oxidation sites excluding steroid dienone is 1. The topological polar surface area (TPSA) is 88.0 Å². The first-order valence-corrected chi connectivity index (χ1v) is 12.1. The molecule has 5 rings (SSSR count). The van der Waals surface area contributed by atoms with Gasteiger partial charge in [-0.3, -0.25) is 0 Å². The second kappa shape index (κ2) is 8.92. The number of aryl methyl sites for hydroxylation is 1. The summed E-state index contributed by atoms with van der Waals surface area (Å²) in [5, 5.41) is 0.982. The van der Waals surface area contributed by atoms with E-state index in [1.165, 1.54) is 12.1 Å². The van der Waals surface area contributed by atoms with Crippen LogP contribution in [-0.2, 0) is 11.3 Å². The molecule has 0 saturated heterocycles. The zero-order chi connectivity index (χ0) is 24.9. The number of benzene rings is 1. The molecule has 1 aromatic carbocycles. The van der Waals surface area contributed by atoms with Crippen molar-refractivity contribution in [2.24, 2.45) is 5.73 Å². The fourth-order valence-electron chi connectivity index (χ4n) is 4.46. The van der Waals surface area contributed by atoms with Crippen LogP contribution in [0, 0.1) is 5.82 Å². The lowest BCUT2D eigenvalue weighted by Gasteiger charge is -2.12. The lowest BCUT2D eigenvalue weighted by molar-refractivity contribution is 0.0373. The molecule has 1 fully saturated rings. The van der Waals surface area contributed by atoms with Gasteiger partial charge in [-0.25, -0.2) is 19.2 Å². The van der Waals surface area contributed by atoms with Crippen LogP contribution in [0.2, 0.25) is 0 Å². The van der Waals surface area contributed by atoms with Crippen LogP contribution in [0.5, 0.6) is 0 Å². The fourth-order valence-corrected chi connectivity index (χ4v) is 4.46. The van der Waals surface area contributed by atoms with Crippen LogP contribution in [-0.4, -0.2) is 31.2 Å². The highest BCUT2D eigenvalue weighted by molar-refractivity contribution is 5.95. The summed E-state index contributed by atoms with van der Waals surface area (Å²) in [7, 11) is 0. The molecule has 182 valence electrons. The molecule has 3 aromatic heterocycles. The third kappa shape index (κ3) is 4.23. The van der Waals surface area contributed by atoms with E-state index in [-0.39, 0.29) is 23.8 Å². The standard InChI is InChI=1S/C27H30FN5O2/c1-5-6-11-32-24(12-17-7-10-21(16(4)29)30-25(17)32)26-31-22-13-19(27(34)35-15(2)3)20(28)14-23(22)33(26)18-8-9-18/h5,7,10,12-16,18H,1,6,8-9,11,29H2,2-4H3/t16-/m1/s1. The first-order valence-electron chi connectivity index (χ1n) is 12.1. The lowest BCUT2D eigenvalue weighted by Crippen LogP contribution is -2.13. The number of carbonyl (C=O) groups is 1. The van der Waals surface area contributed by atoms with Crippen molar-refractivity contribution in [2.75, 3.05) is 0 Å². The number of hydrogen-bond donors (Lipinski definition) is 1. The van der Waals surface area contributed by atoms with Crippen LogP contribution >= 0.6 is 0 Å². The maximum Gasteiger partial charge on any atom is 0.341 e. The number of esters is 1. The van der Waals surface area contributed by atoms with Gasteiger partial charge in [-0.05, 0) is 64.3 Å². The van der Waals surface area contributed by atoms with Crippen molar-refractivity contribution in [1.29, 1.82) is 0 Å². The molecule has 0 radical (unpaired) electrons. The van der Waals surface area contributed by atoms with E-state index in [0.717, 1.165) is 47.5 Å². The molecule has 0 spiro atoms. The molecule has 1 atom stereocenters. The van der Waals surface area contributed by atoms with Crippen LogP contribution in [0.25, 0.3) is 33.6 Å². The van der Waals surface area contributed by atoms with Gasteiger partial charge in [0.15, 0.2) is 5.82 Å². The average Bonchev–Trinajstić information content (AvgIpc) is 3.48. The predicted octanol–water partition coefficient (Wildman–Crippen LogP) is 5.69. The maximum absolute atomic E-state index is 15.0. The Balaban J connectivity index is 1.72. The zero-order valence-corrected chi connectivity index (χ0v) is 20.3. The first kappa shape index (κ1) is 23.2. The van der Waals surface area contributed by atoms with Crippen molar-refractivity contribution >= 4 is 28.0 Å². The highest BCUT2D eigenvalue weighted by atomic mass is 19.1. The van der Waals surface area contributed by atoms with Gasteiger partial charge in [0, 0.05) is 30.1 Å². The van der Waals surface area contributed by atoms with Crippen molar-refractivity contribution in [3.63, 3.8) is 0 Å². The predicted molar refractivity (Wildman–Crippen MR) is 135 cm³/mol. The fraction of sp³-hybridized carbons (Fsp3) is 0.370. The summed E-state index contributed by atoms with van der Waals surface area (Å²) < 4.78 is 24.5. The number of rotatable bonds is 8. The summed E-state index contributed by atoms with van der Waals surface area (Å²) in [4.78, 5) is 22.2. The van der Waals surface area contributed by atoms with Crippen LogP contribution in [0.4, 0.5) is 4.39 Å². The monoisotopic (exact) mass is 475 g/mol. The Labute approximate surface area is 203 Å². The van der Waals surface area contributed by atoms with E-state index in [1.807, 2.05) is 25.1 Å². The largest absolute Gasteiger partial charge is 0.459 e. The minimum Gasteiger partial charge on any atom is -0.459 e. The normalized spacial score (nSPS) is 14.7. The molecule has 1 saturated carbocycles. The van der Waals surface area contributed by atoms with E-state index >= 15 is 4.39 Å². The Bertz CT molecular complexity index is 1450. The summed E-state index contributed by atoms with van der Waals surface area (Å²) in [6.07, 6.45) is 4.28. The van der Waals surface area contributed by atoms with E-state index in [9.17, 15) is 4.79 Å². The van der Waals surface area contributed by atoms with Crippen molar-refractivity contribution < 1.29 is 13.9 Å². The van der Waals surface area contributed by atoms with Gasteiger partial charge < -0.3 is 19.6 Å². The van der Waals surface area contributed by atoms with Crippen molar-refractivity contribution in [3.05, 3.63) is 60.1 Å². The Morgan fingerprint density at radius 1 is 1.26 bits per heavy atom. The summed E-state index contributed by atoms with van der Waals surface area (Å²) in [5.41, 5.74) is 9.77. The maximum atomic E-state index is 15.0. The summed E-state index contributed by atoms with van der Waals surface area (Å²) in [6.45, 7) is 9.93. The number of nitrogens with zero attached hydrogens (tertiary/aromatic N) is 4. The lowest BCUT2D eigenvalue weighted by atomic mass is 10.2. The molecule has 0 amide bonds. The number of pyridine rings is 1. The van der Waals surface area contributed by atoms with Gasteiger partial charge in [0.1, 0.15) is 11.5 Å². The number of hydrogen-bond acceptors (Lipinski definition) is 5. The Kier molecular flexibility index (Phi) is 5.92. The minimum atomic E-state index is -0.686. The van der Waals surface area contributed by atoms with Crippen molar-refractivity contribution in [1.82, 2.24) is 19.1 Å². The molecule has 4 aromatic rings. The van der Waals surface area contributed by atoms with E-state index in [1.54, 1.807) is 13.8 Å². The molecule has 0 bridgehead atoms.